The van der Waals surface area contributed by atoms with Crippen molar-refractivity contribution in [3.63, 3.8) is 0 Å². The van der Waals surface area contributed by atoms with Crippen molar-refractivity contribution in [3.05, 3.63) is 22.4 Å². The summed E-state index contributed by atoms with van der Waals surface area (Å²) in [5.41, 5.74) is 0. The molecule has 3 heteroatoms. The van der Waals surface area contributed by atoms with Gasteiger partial charge in [0.15, 0.2) is 0 Å². The fraction of sp³-hybridized carbons (Fsp3) is 0.714. The van der Waals surface area contributed by atoms with Crippen molar-refractivity contribution < 1.29 is 0 Å². The Morgan fingerprint density at radius 1 is 1.53 bits per heavy atom. The third-order valence-electron chi connectivity index (χ3n) is 3.28. The number of likely N-dealkylation sites (N-methyl/N-ethyl adjacent to an activating group) is 1. The van der Waals surface area contributed by atoms with Crippen LogP contribution in [0.25, 0.3) is 0 Å². The summed E-state index contributed by atoms with van der Waals surface area (Å²) in [7, 11) is 2.24. The Labute approximate surface area is 109 Å². The molecule has 0 saturated heterocycles. The molecule has 0 spiro atoms. The Bertz CT molecular complexity index is 306. The van der Waals surface area contributed by atoms with Gasteiger partial charge in [0, 0.05) is 24.0 Å². The van der Waals surface area contributed by atoms with E-state index in [-0.39, 0.29) is 0 Å². The van der Waals surface area contributed by atoms with E-state index in [1.807, 2.05) is 11.3 Å². The summed E-state index contributed by atoms with van der Waals surface area (Å²) < 4.78 is 0. The summed E-state index contributed by atoms with van der Waals surface area (Å²) >= 11 is 1.87. The average molecular weight is 252 g/mol. The van der Waals surface area contributed by atoms with E-state index in [4.69, 9.17) is 0 Å². The van der Waals surface area contributed by atoms with E-state index in [2.05, 4.69) is 41.7 Å². The average Bonchev–Trinajstić information content (AvgIpc) is 2.99. The van der Waals surface area contributed by atoms with Crippen LogP contribution < -0.4 is 5.32 Å². The maximum Gasteiger partial charge on any atom is 0.00683 e. The van der Waals surface area contributed by atoms with Gasteiger partial charge in [0.25, 0.3) is 0 Å². The molecule has 1 saturated carbocycles. The van der Waals surface area contributed by atoms with Crippen LogP contribution in [-0.2, 0) is 6.42 Å². The number of hydrogen-bond donors (Lipinski definition) is 1. The van der Waals surface area contributed by atoms with E-state index in [9.17, 15) is 0 Å². The van der Waals surface area contributed by atoms with Crippen LogP contribution in [0.5, 0.6) is 0 Å². The second kappa shape index (κ2) is 6.53. The van der Waals surface area contributed by atoms with Gasteiger partial charge in [-0.2, -0.15) is 0 Å². The molecule has 1 aliphatic carbocycles. The quantitative estimate of drug-likeness (QED) is 0.765. The molecule has 0 aliphatic heterocycles. The van der Waals surface area contributed by atoms with Crippen LogP contribution in [0, 0.1) is 5.92 Å². The zero-order valence-electron chi connectivity index (χ0n) is 11.0. The zero-order chi connectivity index (χ0) is 12.1. The molecule has 1 aliphatic rings. The van der Waals surface area contributed by atoms with E-state index in [1.165, 1.54) is 43.8 Å². The van der Waals surface area contributed by atoms with Crippen molar-refractivity contribution in [2.45, 2.75) is 32.2 Å². The van der Waals surface area contributed by atoms with Gasteiger partial charge in [-0.3, -0.25) is 0 Å². The molecule has 1 atom stereocenters. The Morgan fingerprint density at radius 3 is 3.00 bits per heavy atom. The van der Waals surface area contributed by atoms with Crippen molar-refractivity contribution in [2.75, 3.05) is 26.7 Å². The first-order chi connectivity index (χ1) is 8.24. The maximum absolute atomic E-state index is 3.61. The molecule has 0 amide bonds. The first-order valence-electron chi connectivity index (χ1n) is 6.68. The van der Waals surface area contributed by atoms with Gasteiger partial charge in [-0.1, -0.05) is 13.0 Å². The predicted molar refractivity (Wildman–Crippen MR) is 75.7 cm³/mol. The van der Waals surface area contributed by atoms with Gasteiger partial charge >= 0.3 is 0 Å². The van der Waals surface area contributed by atoms with Gasteiger partial charge in [0.05, 0.1) is 0 Å². The van der Waals surface area contributed by atoms with Crippen molar-refractivity contribution in [2.24, 2.45) is 5.92 Å². The first kappa shape index (κ1) is 13.1. The number of nitrogens with one attached hydrogen (secondary N) is 1. The fourth-order valence-electron chi connectivity index (χ4n) is 2.10. The molecule has 1 N–H and O–H groups in total. The lowest BCUT2D eigenvalue weighted by Gasteiger charge is -2.21. The Balaban J connectivity index is 1.57. The fourth-order valence-corrected chi connectivity index (χ4v) is 2.80. The third-order valence-corrected chi connectivity index (χ3v) is 4.21. The monoisotopic (exact) mass is 252 g/mol. The highest BCUT2D eigenvalue weighted by Crippen LogP contribution is 2.18. The summed E-state index contributed by atoms with van der Waals surface area (Å²) in [4.78, 5) is 3.96. The molecule has 1 fully saturated rings. The second-order valence-corrected chi connectivity index (χ2v) is 6.41. The minimum Gasteiger partial charge on any atom is -0.314 e. The van der Waals surface area contributed by atoms with E-state index < -0.39 is 0 Å². The van der Waals surface area contributed by atoms with Gasteiger partial charge in [0.1, 0.15) is 0 Å². The van der Waals surface area contributed by atoms with E-state index in [0.29, 0.717) is 0 Å². The number of thiophene rings is 1. The largest absolute Gasteiger partial charge is 0.314 e. The van der Waals surface area contributed by atoms with Crippen LogP contribution in [0.2, 0.25) is 0 Å². The van der Waals surface area contributed by atoms with Crippen LogP contribution >= 0.6 is 11.3 Å². The highest BCUT2D eigenvalue weighted by Gasteiger charge is 2.20. The van der Waals surface area contributed by atoms with Crippen molar-refractivity contribution in [1.29, 1.82) is 0 Å². The van der Waals surface area contributed by atoms with Crippen molar-refractivity contribution in [1.82, 2.24) is 10.2 Å². The molecule has 17 heavy (non-hydrogen) atoms. The van der Waals surface area contributed by atoms with Crippen LogP contribution in [0.1, 0.15) is 24.6 Å². The summed E-state index contributed by atoms with van der Waals surface area (Å²) in [6.45, 7) is 5.89. The molecular formula is C14H24N2S. The van der Waals surface area contributed by atoms with E-state index in [1.54, 1.807) is 0 Å². The standard InChI is InChI=1S/C14H24N2S/c1-12(10-15-13-5-6-13)11-16(2)8-7-14-4-3-9-17-14/h3-4,9,12-13,15H,5-8,10-11H2,1-2H3. The smallest absolute Gasteiger partial charge is 0.00683 e. The molecule has 0 bridgehead atoms. The summed E-state index contributed by atoms with van der Waals surface area (Å²) in [5, 5.41) is 5.77. The molecule has 0 radical (unpaired) electrons. The van der Waals surface area contributed by atoms with Crippen molar-refractivity contribution >= 4 is 11.3 Å². The van der Waals surface area contributed by atoms with Crippen LogP contribution in [0.15, 0.2) is 17.5 Å². The van der Waals surface area contributed by atoms with Gasteiger partial charge in [0.2, 0.25) is 0 Å². The Kier molecular flexibility index (Phi) is 5.01. The summed E-state index contributed by atoms with van der Waals surface area (Å²) in [5.74, 6) is 0.754. The maximum atomic E-state index is 3.61. The molecule has 2 nitrogen and oxygen atoms in total. The molecule has 1 unspecified atom stereocenters. The minimum absolute atomic E-state index is 0.754. The SMILES string of the molecule is CC(CNC1CC1)CN(C)CCc1cccs1. The molecule has 1 heterocycles. The highest BCUT2D eigenvalue weighted by molar-refractivity contribution is 7.09. The zero-order valence-corrected chi connectivity index (χ0v) is 11.8. The summed E-state index contributed by atoms with van der Waals surface area (Å²) in [6, 6.07) is 5.22. The highest BCUT2D eigenvalue weighted by atomic mass is 32.1. The van der Waals surface area contributed by atoms with Gasteiger partial charge in [-0.25, -0.2) is 0 Å². The molecule has 1 aromatic rings. The minimum atomic E-state index is 0.754. The number of nitrogens with zero attached hydrogens (tertiary/aromatic N) is 1. The van der Waals surface area contributed by atoms with Gasteiger partial charge in [-0.05, 0) is 50.2 Å². The van der Waals surface area contributed by atoms with Gasteiger partial charge < -0.3 is 10.2 Å². The normalized spacial score (nSPS) is 17.6. The number of hydrogen-bond acceptors (Lipinski definition) is 3. The first-order valence-corrected chi connectivity index (χ1v) is 7.56. The van der Waals surface area contributed by atoms with Crippen LogP contribution in [-0.4, -0.2) is 37.6 Å². The van der Waals surface area contributed by atoms with Gasteiger partial charge in [-0.15, -0.1) is 11.3 Å². The van der Waals surface area contributed by atoms with Crippen LogP contribution in [0.4, 0.5) is 0 Å². The lowest BCUT2D eigenvalue weighted by molar-refractivity contribution is 0.284. The lowest BCUT2D eigenvalue weighted by Crippen LogP contribution is -2.32. The Hall–Kier alpha value is -0.380. The number of rotatable bonds is 8. The van der Waals surface area contributed by atoms with E-state index in [0.717, 1.165) is 12.0 Å². The third kappa shape index (κ3) is 5.19. The van der Waals surface area contributed by atoms with Crippen molar-refractivity contribution in [3.8, 4) is 0 Å². The van der Waals surface area contributed by atoms with E-state index >= 15 is 0 Å². The molecule has 96 valence electrons. The predicted octanol–water partition coefficient (Wildman–Crippen LogP) is 2.61. The molecule has 1 aromatic heterocycles. The summed E-state index contributed by atoms with van der Waals surface area (Å²) in [6.07, 6.45) is 3.97. The Morgan fingerprint density at radius 2 is 2.35 bits per heavy atom. The second-order valence-electron chi connectivity index (χ2n) is 5.38. The van der Waals surface area contributed by atoms with Crippen LogP contribution in [0.3, 0.4) is 0 Å². The topological polar surface area (TPSA) is 15.3 Å². The lowest BCUT2D eigenvalue weighted by atomic mass is 10.1. The molecular weight excluding hydrogens is 228 g/mol. The molecule has 2 rings (SSSR count). The molecule has 0 aromatic carbocycles.